The lowest BCUT2D eigenvalue weighted by molar-refractivity contribution is 0.136. The molecule has 1 fully saturated rings. The van der Waals surface area contributed by atoms with Crippen molar-refractivity contribution in [2.24, 2.45) is 5.92 Å². The third kappa shape index (κ3) is 3.09. The number of H-pyrrole nitrogens is 1. The molecule has 7 nitrogen and oxygen atoms in total. The number of carbonyl (C=O) groups excluding carboxylic acids is 1. The molecule has 22 heavy (non-hydrogen) atoms. The second kappa shape index (κ2) is 6.57. The van der Waals surface area contributed by atoms with Gasteiger partial charge in [-0.3, -0.25) is 10.1 Å². The van der Waals surface area contributed by atoms with E-state index in [1.165, 1.54) is 0 Å². The van der Waals surface area contributed by atoms with Gasteiger partial charge in [-0.15, -0.1) is 0 Å². The van der Waals surface area contributed by atoms with Crippen LogP contribution in [0.1, 0.15) is 12.8 Å². The minimum atomic E-state index is -0.170. The monoisotopic (exact) mass is 301 g/mol. The fraction of sp³-hybridized carbons (Fsp3) is 0.400. The summed E-state index contributed by atoms with van der Waals surface area (Å²) >= 11 is 0. The number of likely N-dealkylation sites (tertiary alicyclic amines) is 1. The van der Waals surface area contributed by atoms with Crippen LogP contribution in [0.3, 0.4) is 0 Å². The van der Waals surface area contributed by atoms with E-state index in [2.05, 4.69) is 20.5 Å². The lowest BCUT2D eigenvalue weighted by Gasteiger charge is -2.31. The standard InChI is InChI=1S/C15H19N5O2/c21-10-11-4-3-7-20(9-11)15(22)18-13-8-17-19-14(13)12-5-1-2-6-16-12/h1-2,5-6,8,11,21H,3-4,7,9-10H2,(H,17,19)(H,18,22). The highest BCUT2D eigenvalue weighted by molar-refractivity contribution is 5.93. The number of aromatic amines is 1. The topological polar surface area (TPSA) is 94.1 Å². The first-order valence-corrected chi connectivity index (χ1v) is 7.39. The number of rotatable bonds is 3. The highest BCUT2D eigenvalue weighted by Crippen LogP contribution is 2.24. The number of nitrogens with one attached hydrogen (secondary N) is 2. The largest absolute Gasteiger partial charge is 0.396 e. The SMILES string of the molecule is O=C(Nc1cn[nH]c1-c1ccccn1)N1CCCC(CO)C1. The zero-order chi connectivity index (χ0) is 15.4. The Balaban J connectivity index is 1.71. The fourth-order valence-corrected chi connectivity index (χ4v) is 2.68. The van der Waals surface area contributed by atoms with E-state index in [1.54, 1.807) is 17.3 Å². The van der Waals surface area contributed by atoms with E-state index in [0.717, 1.165) is 18.5 Å². The molecule has 2 aromatic rings. The Morgan fingerprint density at radius 1 is 1.50 bits per heavy atom. The molecule has 1 aliphatic heterocycles. The molecule has 1 aliphatic rings. The maximum atomic E-state index is 12.4. The van der Waals surface area contributed by atoms with Gasteiger partial charge < -0.3 is 15.3 Å². The maximum Gasteiger partial charge on any atom is 0.321 e. The Morgan fingerprint density at radius 2 is 2.41 bits per heavy atom. The first-order chi connectivity index (χ1) is 10.8. The molecule has 7 heteroatoms. The van der Waals surface area contributed by atoms with Gasteiger partial charge in [-0.05, 0) is 30.9 Å². The van der Waals surface area contributed by atoms with Gasteiger partial charge in [0.2, 0.25) is 0 Å². The van der Waals surface area contributed by atoms with Crippen molar-refractivity contribution in [2.75, 3.05) is 25.0 Å². The smallest absolute Gasteiger partial charge is 0.321 e. The number of anilines is 1. The summed E-state index contributed by atoms with van der Waals surface area (Å²) in [6, 6.07) is 5.40. The number of aliphatic hydroxyl groups excluding tert-OH is 1. The van der Waals surface area contributed by atoms with Crippen molar-refractivity contribution in [2.45, 2.75) is 12.8 Å². The Labute approximate surface area is 128 Å². The first kappa shape index (κ1) is 14.5. The Bertz CT molecular complexity index is 628. The van der Waals surface area contributed by atoms with Crippen molar-refractivity contribution in [3.05, 3.63) is 30.6 Å². The minimum Gasteiger partial charge on any atom is -0.396 e. The van der Waals surface area contributed by atoms with Crippen molar-refractivity contribution >= 4 is 11.7 Å². The lowest BCUT2D eigenvalue weighted by Crippen LogP contribution is -2.43. The van der Waals surface area contributed by atoms with E-state index in [0.29, 0.717) is 24.5 Å². The quantitative estimate of drug-likeness (QED) is 0.804. The number of amides is 2. The van der Waals surface area contributed by atoms with Crippen LogP contribution in [0, 0.1) is 5.92 Å². The third-order valence-electron chi connectivity index (χ3n) is 3.87. The summed E-state index contributed by atoms with van der Waals surface area (Å²) in [6.45, 7) is 1.41. The second-order valence-electron chi connectivity index (χ2n) is 5.44. The van der Waals surface area contributed by atoms with E-state index < -0.39 is 0 Å². The molecular formula is C15H19N5O2. The molecule has 0 radical (unpaired) electrons. The molecule has 0 bridgehead atoms. The fourth-order valence-electron chi connectivity index (χ4n) is 2.68. The van der Waals surface area contributed by atoms with Crippen molar-refractivity contribution in [3.8, 4) is 11.4 Å². The van der Waals surface area contributed by atoms with Gasteiger partial charge >= 0.3 is 6.03 Å². The van der Waals surface area contributed by atoms with Crippen LogP contribution in [0.2, 0.25) is 0 Å². The van der Waals surface area contributed by atoms with Gasteiger partial charge in [-0.25, -0.2) is 4.79 Å². The molecule has 1 unspecified atom stereocenters. The Morgan fingerprint density at radius 3 is 3.18 bits per heavy atom. The molecule has 1 saturated heterocycles. The number of hydrogen-bond donors (Lipinski definition) is 3. The van der Waals surface area contributed by atoms with E-state index in [4.69, 9.17) is 0 Å². The summed E-state index contributed by atoms with van der Waals surface area (Å²) in [4.78, 5) is 18.4. The molecule has 0 spiro atoms. The Kier molecular flexibility index (Phi) is 4.34. The first-order valence-electron chi connectivity index (χ1n) is 7.39. The second-order valence-corrected chi connectivity index (χ2v) is 5.44. The molecule has 116 valence electrons. The van der Waals surface area contributed by atoms with E-state index in [1.807, 2.05) is 18.2 Å². The molecule has 0 aliphatic carbocycles. The normalized spacial score (nSPS) is 18.2. The van der Waals surface area contributed by atoms with Crippen LogP contribution in [0.15, 0.2) is 30.6 Å². The molecule has 2 aromatic heterocycles. The number of pyridine rings is 1. The average molecular weight is 301 g/mol. The molecule has 0 saturated carbocycles. The third-order valence-corrected chi connectivity index (χ3v) is 3.87. The number of carbonyl (C=O) groups is 1. The van der Waals surface area contributed by atoms with Crippen LogP contribution in [0.25, 0.3) is 11.4 Å². The maximum absolute atomic E-state index is 12.4. The van der Waals surface area contributed by atoms with Gasteiger partial charge in [-0.1, -0.05) is 6.07 Å². The van der Waals surface area contributed by atoms with Crippen LogP contribution in [0.5, 0.6) is 0 Å². The van der Waals surface area contributed by atoms with Gasteiger partial charge in [0.15, 0.2) is 0 Å². The predicted molar refractivity (Wildman–Crippen MR) is 82.2 cm³/mol. The molecular weight excluding hydrogens is 282 g/mol. The van der Waals surface area contributed by atoms with Gasteiger partial charge in [-0.2, -0.15) is 5.10 Å². The summed E-state index contributed by atoms with van der Waals surface area (Å²) < 4.78 is 0. The van der Waals surface area contributed by atoms with E-state index in [-0.39, 0.29) is 18.6 Å². The predicted octanol–water partition coefficient (Wildman–Crippen LogP) is 1.71. The number of aromatic nitrogens is 3. The highest BCUT2D eigenvalue weighted by atomic mass is 16.3. The van der Waals surface area contributed by atoms with Gasteiger partial charge in [0.05, 0.1) is 17.6 Å². The number of aliphatic hydroxyl groups is 1. The van der Waals surface area contributed by atoms with Crippen molar-refractivity contribution < 1.29 is 9.90 Å². The average Bonchev–Trinajstić information content (AvgIpc) is 3.04. The van der Waals surface area contributed by atoms with Crippen molar-refractivity contribution in [1.29, 1.82) is 0 Å². The molecule has 0 aromatic carbocycles. The number of piperidine rings is 1. The van der Waals surface area contributed by atoms with Gasteiger partial charge in [0.1, 0.15) is 5.69 Å². The molecule has 2 amide bonds. The molecule has 1 atom stereocenters. The number of urea groups is 1. The zero-order valence-electron chi connectivity index (χ0n) is 12.2. The summed E-state index contributed by atoms with van der Waals surface area (Å²) in [7, 11) is 0. The van der Waals surface area contributed by atoms with Crippen molar-refractivity contribution in [3.63, 3.8) is 0 Å². The van der Waals surface area contributed by atoms with E-state index >= 15 is 0 Å². The summed E-state index contributed by atoms with van der Waals surface area (Å²) in [5.74, 6) is 0.166. The van der Waals surface area contributed by atoms with Gasteiger partial charge in [0, 0.05) is 25.9 Å². The van der Waals surface area contributed by atoms with Crippen molar-refractivity contribution in [1.82, 2.24) is 20.1 Å². The van der Waals surface area contributed by atoms with Crippen LogP contribution < -0.4 is 5.32 Å². The van der Waals surface area contributed by atoms with Crippen LogP contribution >= 0.6 is 0 Å². The van der Waals surface area contributed by atoms with E-state index in [9.17, 15) is 9.90 Å². The zero-order valence-corrected chi connectivity index (χ0v) is 12.2. The van der Waals surface area contributed by atoms with Crippen LogP contribution in [0.4, 0.5) is 10.5 Å². The number of nitrogens with zero attached hydrogens (tertiary/aromatic N) is 3. The summed E-state index contributed by atoms with van der Waals surface area (Å²) in [5.41, 5.74) is 2.02. The molecule has 3 rings (SSSR count). The molecule has 3 N–H and O–H groups in total. The van der Waals surface area contributed by atoms with Crippen LogP contribution in [-0.4, -0.2) is 50.9 Å². The van der Waals surface area contributed by atoms with Gasteiger partial charge in [0.25, 0.3) is 0 Å². The summed E-state index contributed by atoms with van der Waals surface area (Å²) in [6.07, 6.45) is 5.15. The van der Waals surface area contributed by atoms with Crippen LogP contribution in [-0.2, 0) is 0 Å². The molecule has 3 heterocycles. The Hall–Kier alpha value is -2.41. The highest BCUT2D eigenvalue weighted by Gasteiger charge is 2.24. The summed E-state index contributed by atoms with van der Waals surface area (Å²) in [5, 5.41) is 19.0. The minimum absolute atomic E-state index is 0.120. The lowest BCUT2D eigenvalue weighted by atomic mass is 9.99. The number of hydrogen-bond acceptors (Lipinski definition) is 4.